The number of nitrogens with two attached hydrogens (primary N) is 1. The highest BCUT2D eigenvalue weighted by Crippen LogP contribution is 2.32. The zero-order valence-corrected chi connectivity index (χ0v) is 16.0. The van der Waals surface area contributed by atoms with Crippen LogP contribution in [-0.4, -0.2) is 37.4 Å². The molecular weight excluding hydrogens is 370 g/mol. The average Bonchev–Trinajstić information content (AvgIpc) is 3.12. The summed E-state index contributed by atoms with van der Waals surface area (Å²) in [5, 5.41) is 14.9. The van der Waals surface area contributed by atoms with Crippen molar-refractivity contribution in [3.63, 3.8) is 0 Å². The molecule has 8 heteroatoms. The standard InChI is InChI=1S/C21H19N5O3/c1-13-12-29-18-5-4-14(6-7-21(2,28)20-23-8-3-9-24-20)10-17(18)26-16(13)11-15(25-26)19(22)27/h3-5,8-11,13,28H,12H2,1-2H3,(H2,22,27). The van der Waals surface area contributed by atoms with Crippen molar-refractivity contribution >= 4 is 5.91 Å². The van der Waals surface area contributed by atoms with Crippen LogP contribution < -0.4 is 10.5 Å². The summed E-state index contributed by atoms with van der Waals surface area (Å²) in [7, 11) is 0. The van der Waals surface area contributed by atoms with Gasteiger partial charge in [0.25, 0.3) is 5.91 Å². The molecule has 29 heavy (non-hydrogen) atoms. The van der Waals surface area contributed by atoms with Gasteiger partial charge in [0.1, 0.15) is 11.4 Å². The van der Waals surface area contributed by atoms with Gasteiger partial charge in [0.15, 0.2) is 17.1 Å². The zero-order chi connectivity index (χ0) is 20.6. The smallest absolute Gasteiger partial charge is 0.269 e. The number of nitrogens with zero attached hydrogens (tertiary/aromatic N) is 4. The van der Waals surface area contributed by atoms with Gasteiger partial charge in [-0.1, -0.05) is 18.8 Å². The van der Waals surface area contributed by atoms with E-state index in [9.17, 15) is 9.90 Å². The number of aromatic nitrogens is 4. The van der Waals surface area contributed by atoms with E-state index in [2.05, 4.69) is 26.9 Å². The highest BCUT2D eigenvalue weighted by Gasteiger charge is 2.25. The molecule has 3 N–H and O–H groups in total. The first-order valence-corrected chi connectivity index (χ1v) is 9.05. The molecule has 2 atom stereocenters. The lowest BCUT2D eigenvalue weighted by Gasteiger charge is -2.13. The molecule has 1 aromatic carbocycles. The molecule has 3 heterocycles. The normalized spacial score (nSPS) is 16.9. The largest absolute Gasteiger partial charge is 0.491 e. The first-order valence-electron chi connectivity index (χ1n) is 9.05. The predicted octanol–water partition coefficient (Wildman–Crippen LogP) is 1.52. The number of fused-ring (bicyclic) bond motifs is 3. The fourth-order valence-corrected chi connectivity index (χ4v) is 3.04. The summed E-state index contributed by atoms with van der Waals surface area (Å²) >= 11 is 0. The second kappa shape index (κ2) is 7.04. The summed E-state index contributed by atoms with van der Waals surface area (Å²) in [4.78, 5) is 19.7. The average molecular weight is 389 g/mol. The lowest BCUT2D eigenvalue weighted by molar-refractivity contribution is 0.0995. The number of amides is 1. The van der Waals surface area contributed by atoms with Gasteiger partial charge in [-0.3, -0.25) is 4.79 Å². The van der Waals surface area contributed by atoms with E-state index in [4.69, 9.17) is 10.5 Å². The van der Waals surface area contributed by atoms with Crippen molar-refractivity contribution in [1.82, 2.24) is 19.7 Å². The number of ether oxygens (including phenoxy) is 1. The van der Waals surface area contributed by atoms with Gasteiger partial charge in [-0.05, 0) is 37.3 Å². The van der Waals surface area contributed by atoms with Gasteiger partial charge in [-0.15, -0.1) is 0 Å². The molecule has 0 radical (unpaired) electrons. The van der Waals surface area contributed by atoms with Gasteiger partial charge in [0, 0.05) is 23.9 Å². The summed E-state index contributed by atoms with van der Waals surface area (Å²) < 4.78 is 7.54. The highest BCUT2D eigenvalue weighted by molar-refractivity contribution is 5.91. The van der Waals surface area contributed by atoms with Crippen molar-refractivity contribution in [2.75, 3.05) is 6.61 Å². The summed E-state index contributed by atoms with van der Waals surface area (Å²) in [5.74, 6) is 6.04. The van der Waals surface area contributed by atoms with E-state index in [1.165, 1.54) is 6.92 Å². The van der Waals surface area contributed by atoms with Crippen molar-refractivity contribution in [3.8, 4) is 23.3 Å². The Hall–Kier alpha value is -3.70. The summed E-state index contributed by atoms with van der Waals surface area (Å²) in [6.07, 6.45) is 3.10. The molecule has 1 aliphatic heterocycles. The van der Waals surface area contributed by atoms with Crippen LogP contribution in [0.3, 0.4) is 0 Å². The van der Waals surface area contributed by atoms with Crippen LogP contribution >= 0.6 is 0 Å². The molecular formula is C21H19N5O3. The molecule has 0 bridgehead atoms. The quantitative estimate of drug-likeness (QED) is 0.642. The van der Waals surface area contributed by atoms with Gasteiger partial charge in [0.05, 0.1) is 12.3 Å². The van der Waals surface area contributed by atoms with E-state index in [1.54, 1.807) is 47.4 Å². The molecule has 0 aliphatic carbocycles. The molecule has 0 saturated heterocycles. The van der Waals surface area contributed by atoms with Gasteiger partial charge in [-0.25, -0.2) is 14.6 Å². The van der Waals surface area contributed by atoms with Gasteiger partial charge in [-0.2, -0.15) is 5.10 Å². The molecule has 1 aliphatic rings. The third-order valence-electron chi connectivity index (χ3n) is 4.62. The van der Waals surface area contributed by atoms with E-state index in [0.29, 0.717) is 23.6 Å². The predicted molar refractivity (Wildman–Crippen MR) is 104 cm³/mol. The van der Waals surface area contributed by atoms with Crippen LogP contribution in [0.1, 0.15) is 47.3 Å². The van der Waals surface area contributed by atoms with Crippen LogP contribution in [0.25, 0.3) is 5.69 Å². The van der Waals surface area contributed by atoms with Crippen LogP contribution in [-0.2, 0) is 5.60 Å². The topological polar surface area (TPSA) is 116 Å². The van der Waals surface area contributed by atoms with E-state index in [-0.39, 0.29) is 17.4 Å². The Bertz CT molecular complexity index is 1140. The molecule has 0 spiro atoms. The fourth-order valence-electron chi connectivity index (χ4n) is 3.04. The van der Waals surface area contributed by atoms with Crippen molar-refractivity contribution in [2.45, 2.75) is 25.4 Å². The number of carbonyl (C=O) groups excluding carboxylic acids is 1. The van der Waals surface area contributed by atoms with Crippen molar-refractivity contribution in [2.24, 2.45) is 5.73 Å². The summed E-state index contributed by atoms with van der Waals surface area (Å²) in [5.41, 5.74) is 6.21. The Kier molecular flexibility index (Phi) is 4.53. The molecule has 0 saturated carbocycles. The number of hydrogen-bond donors (Lipinski definition) is 2. The lowest BCUT2D eigenvalue weighted by Crippen LogP contribution is -2.21. The van der Waals surface area contributed by atoms with Gasteiger partial charge >= 0.3 is 0 Å². The minimum atomic E-state index is -1.50. The van der Waals surface area contributed by atoms with Gasteiger partial charge in [0.2, 0.25) is 0 Å². The van der Waals surface area contributed by atoms with Crippen molar-refractivity contribution < 1.29 is 14.6 Å². The van der Waals surface area contributed by atoms with Crippen LogP contribution in [0.2, 0.25) is 0 Å². The van der Waals surface area contributed by atoms with E-state index in [1.807, 2.05) is 6.92 Å². The monoisotopic (exact) mass is 389 g/mol. The molecule has 1 amide bonds. The maximum atomic E-state index is 11.6. The second-order valence-electron chi connectivity index (χ2n) is 7.02. The summed E-state index contributed by atoms with van der Waals surface area (Å²) in [6, 6.07) is 8.73. The highest BCUT2D eigenvalue weighted by atomic mass is 16.5. The zero-order valence-electron chi connectivity index (χ0n) is 16.0. The lowest BCUT2D eigenvalue weighted by atomic mass is 10.1. The molecule has 146 valence electrons. The maximum absolute atomic E-state index is 11.6. The number of primary amides is 1. The minimum absolute atomic E-state index is 0.0218. The number of hydrogen-bond acceptors (Lipinski definition) is 6. The van der Waals surface area contributed by atoms with Crippen LogP contribution in [0.5, 0.6) is 5.75 Å². The molecule has 2 aromatic heterocycles. The van der Waals surface area contributed by atoms with E-state index in [0.717, 1.165) is 5.69 Å². The maximum Gasteiger partial charge on any atom is 0.269 e. The number of benzene rings is 1. The Morgan fingerprint density at radius 2 is 2.10 bits per heavy atom. The van der Waals surface area contributed by atoms with E-state index < -0.39 is 11.5 Å². The number of carbonyl (C=O) groups is 1. The Morgan fingerprint density at radius 3 is 2.83 bits per heavy atom. The first-order chi connectivity index (χ1) is 13.8. The number of aliphatic hydroxyl groups is 1. The third kappa shape index (κ3) is 3.56. The molecule has 8 nitrogen and oxygen atoms in total. The molecule has 0 fully saturated rings. The Labute approximate surface area is 167 Å². The number of rotatable bonds is 2. The van der Waals surface area contributed by atoms with Crippen molar-refractivity contribution in [3.05, 3.63) is 65.5 Å². The summed E-state index contributed by atoms with van der Waals surface area (Å²) in [6.45, 7) is 3.97. The van der Waals surface area contributed by atoms with E-state index >= 15 is 0 Å². The van der Waals surface area contributed by atoms with Crippen LogP contribution in [0.15, 0.2) is 42.7 Å². The first kappa shape index (κ1) is 18.7. The van der Waals surface area contributed by atoms with Crippen LogP contribution in [0.4, 0.5) is 0 Å². The van der Waals surface area contributed by atoms with Crippen molar-refractivity contribution in [1.29, 1.82) is 0 Å². The Balaban J connectivity index is 1.76. The Morgan fingerprint density at radius 1 is 1.34 bits per heavy atom. The second-order valence-corrected chi connectivity index (χ2v) is 7.02. The SMILES string of the molecule is CC1COc2ccc(C#CC(C)(O)c3ncccn3)cc2-n2nc(C(N)=O)cc21. The fraction of sp³-hybridized carbons (Fsp3) is 0.238. The van der Waals surface area contributed by atoms with Gasteiger partial charge < -0.3 is 15.6 Å². The van der Waals surface area contributed by atoms with Crippen LogP contribution in [0, 0.1) is 11.8 Å². The molecule has 3 aromatic rings. The minimum Gasteiger partial charge on any atom is -0.491 e. The third-order valence-corrected chi connectivity index (χ3v) is 4.62. The molecule has 4 rings (SSSR count). The molecule has 2 unspecified atom stereocenters.